The van der Waals surface area contributed by atoms with E-state index in [4.69, 9.17) is 0 Å². The van der Waals surface area contributed by atoms with Gasteiger partial charge in [-0.3, -0.25) is 4.55 Å². The largest absolute Gasteiger partial charge is 0.285 e. The lowest BCUT2D eigenvalue weighted by Crippen LogP contribution is -2.40. The van der Waals surface area contributed by atoms with Gasteiger partial charge in [0.1, 0.15) is 0 Å². The maximum atomic E-state index is 11.4. The minimum atomic E-state index is -3.86. The molecular weight excluding hydrogens is 200 g/mol. The van der Waals surface area contributed by atoms with Crippen molar-refractivity contribution in [1.82, 2.24) is 0 Å². The van der Waals surface area contributed by atoms with Crippen LogP contribution in [0.4, 0.5) is 0 Å². The molecule has 0 spiro atoms. The minimum Gasteiger partial charge on any atom is -0.285 e. The van der Waals surface area contributed by atoms with Gasteiger partial charge in [0.15, 0.2) is 0 Å². The van der Waals surface area contributed by atoms with Gasteiger partial charge in [-0.1, -0.05) is 39.0 Å². The Kier molecular flexibility index (Phi) is 3.95. The summed E-state index contributed by atoms with van der Waals surface area (Å²) in [6.45, 7) is 2.04. The molecule has 1 aliphatic carbocycles. The monoisotopic (exact) mass is 220 g/mol. The van der Waals surface area contributed by atoms with Gasteiger partial charge >= 0.3 is 0 Å². The van der Waals surface area contributed by atoms with Crippen LogP contribution in [0.5, 0.6) is 0 Å². The van der Waals surface area contributed by atoms with E-state index in [1.807, 2.05) is 6.92 Å². The summed E-state index contributed by atoms with van der Waals surface area (Å²) < 4.78 is 31.2. The molecule has 84 valence electrons. The Hall–Kier alpha value is -0.0900. The van der Waals surface area contributed by atoms with Crippen molar-refractivity contribution in [3.63, 3.8) is 0 Å². The predicted octanol–water partition coefficient (Wildman–Crippen LogP) is 2.77. The van der Waals surface area contributed by atoms with Crippen molar-refractivity contribution in [2.45, 2.75) is 63.0 Å². The molecule has 4 heteroatoms. The van der Waals surface area contributed by atoms with E-state index in [9.17, 15) is 13.0 Å². The van der Waals surface area contributed by atoms with Crippen molar-refractivity contribution in [1.29, 1.82) is 0 Å². The lowest BCUT2D eigenvalue weighted by atomic mass is 9.85. The van der Waals surface area contributed by atoms with Gasteiger partial charge in [-0.2, -0.15) is 8.42 Å². The molecule has 1 N–H and O–H groups in total. The average molecular weight is 220 g/mol. The van der Waals surface area contributed by atoms with Crippen LogP contribution in [0, 0.1) is 0 Å². The van der Waals surface area contributed by atoms with Crippen LogP contribution in [0.3, 0.4) is 0 Å². The molecule has 14 heavy (non-hydrogen) atoms. The Morgan fingerprint density at radius 1 is 1.21 bits per heavy atom. The van der Waals surface area contributed by atoms with Gasteiger partial charge in [0.2, 0.25) is 0 Å². The Labute approximate surface area is 86.6 Å². The normalized spacial score (nSPS) is 22.1. The highest BCUT2D eigenvalue weighted by Gasteiger charge is 2.42. The molecule has 3 nitrogen and oxygen atoms in total. The molecule has 0 amide bonds. The molecule has 1 rings (SSSR count). The standard InChI is InChI=1S/C10H20O3S/c1-2-3-7-10(14(11,12)13)8-5-4-6-9-10/h2-9H2,1H3,(H,11,12,13). The maximum absolute atomic E-state index is 11.4. The van der Waals surface area contributed by atoms with Gasteiger partial charge in [0, 0.05) is 0 Å². The van der Waals surface area contributed by atoms with Crippen LogP contribution in [0.2, 0.25) is 0 Å². The second kappa shape index (κ2) is 4.62. The van der Waals surface area contributed by atoms with Crippen molar-refractivity contribution >= 4 is 10.1 Å². The zero-order chi connectivity index (χ0) is 10.7. The third kappa shape index (κ3) is 2.48. The fourth-order valence-electron chi connectivity index (χ4n) is 2.33. The fraction of sp³-hybridized carbons (Fsp3) is 1.00. The highest BCUT2D eigenvalue weighted by Crippen LogP contribution is 2.38. The number of unbranched alkanes of at least 4 members (excludes halogenated alkanes) is 1. The topological polar surface area (TPSA) is 54.4 Å². The molecule has 0 heterocycles. The quantitative estimate of drug-likeness (QED) is 0.741. The number of hydrogen-bond donors (Lipinski definition) is 1. The van der Waals surface area contributed by atoms with E-state index in [0.717, 1.165) is 32.1 Å². The Balaban J connectivity index is 2.78. The first-order chi connectivity index (χ1) is 6.52. The molecular formula is C10H20O3S. The van der Waals surface area contributed by atoms with Gasteiger partial charge in [-0.05, 0) is 19.3 Å². The fourth-order valence-corrected chi connectivity index (χ4v) is 3.54. The van der Waals surface area contributed by atoms with Crippen molar-refractivity contribution in [2.24, 2.45) is 0 Å². The van der Waals surface area contributed by atoms with Crippen molar-refractivity contribution < 1.29 is 13.0 Å². The zero-order valence-corrected chi connectivity index (χ0v) is 9.65. The Morgan fingerprint density at radius 3 is 2.21 bits per heavy atom. The van der Waals surface area contributed by atoms with Gasteiger partial charge in [0.25, 0.3) is 10.1 Å². The number of rotatable bonds is 4. The molecule has 1 aliphatic rings. The summed E-state index contributed by atoms with van der Waals surface area (Å²) in [5.41, 5.74) is 0. The van der Waals surface area contributed by atoms with E-state index in [2.05, 4.69) is 0 Å². The van der Waals surface area contributed by atoms with E-state index in [0.29, 0.717) is 19.3 Å². The van der Waals surface area contributed by atoms with Crippen LogP contribution in [-0.4, -0.2) is 17.7 Å². The highest BCUT2D eigenvalue weighted by molar-refractivity contribution is 7.87. The lowest BCUT2D eigenvalue weighted by molar-refractivity contribution is 0.319. The van der Waals surface area contributed by atoms with Crippen LogP contribution >= 0.6 is 0 Å². The molecule has 0 aromatic rings. The van der Waals surface area contributed by atoms with Gasteiger partial charge in [-0.15, -0.1) is 0 Å². The summed E-state index contributed by atoms with van der Waals surface area (Å²) in [6.07, 6.45) is 6.76. The average Bonchev–Trinajstić information content (AvgIpc) is 2.14. The van der Waals surface area contributed by atoms with E-state index >= 15 is 0 Å². The van der Waals surface area contributed by atoms with E-state index in [1.54, 1.807) is 0 Å². The van der Waals surface area contributed by atoms with Crippen molar-refractivity contribution in [2.75, 3.05) is 0 Å². The van der Waals surface area contributed by atoms with Crippen molar-refractivity contribution in [3.05, 3.63) is 0 Å². The van der Waals surface area contributed by atoms with Crippen LogP contribution in [-0.2, 0) is 10.1 Å². The first-order valence-electron chi connectivity index (χ1n) is 5.49. The molecule has 1 fully saturated rings. The van der Waals surface area contributed by atoms with E-state index in [-0.39, 0.29) is 0 Å². The summed E-state index contributed by atoms with van der Waals surface area (Å²) in [5.74, 6) is 0. The predicted molar refractivity (Wildman–Crippen MR) is 56.9 cm³/mol. The summed E-state index contributed by atoms with van der Waals surface area (Å²) >= 11 is 0. The second-order valence-corrected chi connectivity index (χ2v) is 6.14. The van der Waals surface area contributed by atoms with E-state index in [1.165, 1.54) is 0 Å². The molecule has 0 aromatic carbocycles. The molecule has 0 bridgehead atoms. The molecule has 1 saturated carbocycles. The summed E-state index contributed by atoms with van der Waals surface area (Å²) in [7, 11) is -3.86. The lowest BCUT2D eigenvalue weighted by Gasteiger charge is -2.34. The summed E-state index contributed by atoms with van der Waals surface area (Å²) in [6, 6.07) is 0. The number of hydrogen-bond acceptors (Lipinski definition) is 2. The smallest absolute Gasteiger partial charge is 0.270 e. The minimum absolute atomic E-state index is 0.627. The highest BCUT2D eigenvalue weighted by atomic mass is 32.2. The first-order valence-corrected chi connectivity index (χ1v) is 6.93. The summed E-state index contributed by atoms with van der Waals surface area (Å²) in [5, 5.41) is 0. The third-order valence-electron chi connectivity index (χ3n) is 3.30. The van der Waals surface area contributed by atoms with Gasteiger partial charge < -0.3 is 0 Å². The third-order valence-corrected chi connectivity index (χ3v) is 5.00. The van der Waals surface area contributed by atoms with E-state index < -0.39 is 14.9 Å². The molecule has 0 aliphatic heterocycles. The van der Waals surface area contributed by atoms with Gasteiger partial charge in [-0.25, -0.2) is 0 Å². The molecule has 0 saturated heterocycles. The van der Waals surface area contributed by atoms with Crippen LogP contribution < -0.4 is 0 Å². The first kappa shape index (κ1) is 12.0. The maximum Gasteiger partial charge on any atom is 0.270 e. The zero-order valence-electron chi connectivity index (χ0n) is 8.83. The van der Waals surface area contributed by atoms with Crippen molar-refractivity contribution in [3.8, 4) is 0 Å². The van der Waals surface area contributed by atoms with Gasteiger partial charge in [0.05, 0.1) is 4.75 Å². The molecule has 0 unspecified atom stereocenters. The van der Waals surface area contributed by atoms with Crippen LogP contribution in [0.1, 0.15) is 58.3 Å². The molecule has 0 aromatic heterocycles. The van der Waals surface area contributed by atoms with Crippen LogP contribution in [0.25, 0.3) is 0 Å². The SMILES string of the molecule is CCCCC1(S(=O)(=O)O)CCCCC1. The second-order valence-electron chi connectivity index (χ2n) is 4.32. The summed E-state index contributed by atoms with van der Waals surface area (Å²) in [4.78, 5) is 0. The van der Waals surface area contributed by atoms with Crippen LogP contribution in [0.15, 0.2) is 0 Å². The molecule has 0 atom stereocenters. The molecule has 0 radical (unpaired) electrons. The Morgan fingerprint density at radius 2 is 1.79 bits per heavy atom. The Bertz CT molecular complexity index is 263.